The number of nitrogens with zero attached hydrogens (tertiary/aromatic N) is 5. The van der Waals surface area contributed by atoms with Crippen molar-refractivity contribution in [1.82, 2.24) is 25.1 Å². The highest BCUT2D eigenvalue weighted by atomic mass is 32.1. The molecule has 162 valence electrons. The molecule has 0 saturated heterocycles. The number of aryl methyl sites for hydroxylation is 2. The van der Waals surface area contributed by atoms with Crippen LogP contribution in [0.25, 0.3) is 0 Å². The Morgan fingerprint density at radius 3 is 2.90 bits per heavy atom. The van der Waals surface area contributed by atoms with Crippen molar-refractivity contribution < 1.29 is 14.3 Å². The number of aromatic nitrogens is 5. The summed E-state index contributed by atoms with van der Waals surface area (Å²) < 4.78 is 10.9. The minimum Gasteiger partial charge on any atom is -0.477 e. The van der Waals surface area contributed by atoms with Crippen molar-refractivity contribution in [2.45, 2.75) is 39.7 Å². The number of ether oxygens (including phenoxy) is 2. The van der Waals surface area contributed by atoms with E-state index in [9.17, 15) is 4.79 Å². The summed E-state index contributed by atoms with van der Waals surface area (Å²) in [6, 6.07) is 5.96. The Balaban J connectivity index is 1.30. The van der Waals surface area contributed by atoms with E-state index in [1.807, 2.05) is 20.0 Å². The average molecular weight is 441 g/mol. The molecule has 0 unspecified atom stereocenters. The second-order valence-corrected chi connectivity index (χ2v) is 8.45. The van der Waals surface area contributed by atoms with Gasteiger partial charge in [0.2, 0.25) is 10.9 Å². The maximum atomic E-state index is 11.7. The number of hydrogen-bond donors (Lipinski definition) is 1. The third-order valence-corrected chi connectivity index (χ3v) is 5.74. The fourth-order valence-electron chi connectivity index (χ4n) is 3.16. The summed E-state index contributed by atoms with van der Waals surface area (Å²) in [4.78, 5) is 25.0. The van der Waals surface area contributed by atoms with E-state index in [0.717, 1.165) is 12.1 Å². The summed E-state index contributed by atoms with van der Waals surface area (Å²) in [5.74, 6) is 2.21. The highest BCUT2D eigenvalue weighted by molar-refractivity contribution is 7.13. The third kappa shape index (κ3) is 5.52. The lowest BCUT2D eigenvalue weighted by Crippen LogP contribution is -2.07. The van der Waals surface area contributed by atoms with E-state index in [2.05, 4.69) is 42.6 Å². The van der Waals surface area contributed by atoms with Gasteiger partial charge in [0.05, 0.1) is 19.8 Å². The van der Waals surface area contributed by atoms with Crippen molar-refractivity contribution in [3.8, 4) is 5.88 Å². The van der Waals surface area contributed by atoms with Crippen LogP contribution in [0.2, 0.25) is 0 Å². The summed E-state index contributed by atoms with van der Waals surface area (Å²) in [6.45, 7) is 6.89. The number of rotatable bonds is 9. The molecule has 3 aromatic rings. The minimum absolute atomic E-state index is 0.239. The summed E-state index contributed by atoms with van der Waals surface area (Å²) in [7, 11) is 0. The topological polar surface area (TPSA) is 112 Å². The molecule has 1 fully saturated rings. The zero-order valence-corrected chi connectivity index (χ0v) is 18.5. The molecule has 0 aliphatic heterocycles. The van der Waals surface area contributed by atoms with Gasteiger partial charge in [-0.3, -0.25) is 4.98 Å². The van der Waals surface area contributed by atoms with Crippen molar-refractivity contribution >= 4 is 23.1 Å². The van der Waals surface area contributed by atoms with Crippen LogP contribution in [0.5, 0.6) is 5.88 Å². The number of nitrogens with one attached hydrogen (secondary N) is 1. The summed E-state index contributed by atoms with van der Waals surface area (Å²) in [5, 5.41) is 12.0. The Labute approximate surface area is 184 Å². The summed E-state index contributed by atoms with van der Waals surface area (Å²) in [5.41, 5.74) is 2.29. The first-order chi connectivity index (χ1) is 15.0. The van der Waals surface area contributed by atoms with Gasteiger partial charge < -0.3 is 14.8 Å². The van der Waals surface area contributed by atoms with Gasteiger partial charge in [-0.2, -0.15) is 4.98 Å². The second kappa shape index (κ2) is 9.34. The Morgan fingerprint density at radius 1 is 1.26 bits per heavy atom. The van der Waals surface area contributed by atoms with Crippen LogP contribution in [0, 0.1) is 19.8 Å². The van der Waals surface area contributed by atoms with Gasteiger partial charge in [0, 0.05) is 29.8 Å². The molecule has 0 radical (unpaired) electrons. The fraction of sp³-hybridized carbons (Fsp3) is 0.429. The zero-order chi connectivity index (χ0) is 21.8. The molecule has 1 N–H and O–H groups in total. The SMILES string of the molecule is CCOC(=O)c1nnc(CNc2cc(OC[C@H]3C[C@@H]3c3ccc(C)cn3)nc(C)n2)s1. The van der Waals surface area contributed by atoms with Crippen LogP contribution in [0.1, 0.15) is 51.2 Å². The molecule has 3 aromatic heterocycles. The van der Waals surface area contributed by atoms with Gasteiger partial charge in [0.15, 0.2) is 0 Å². The number of carbonyl (C=O) groups excluding carboxylic acids is 1. The number of hydrogen-bond acceptors (Lipinski definition) is 10. The van der Waals surface area contributed by atoms with Crippen LogP contribution in [0.3, 0.4) is 0 Å². The Hall–Kier alpha value is -3.14. The van der Waals surface area contributed by atoms with Gasteiger partial charge in [-0.25, -0.2) is 9.78 Å². The molecule has 31 heavy (non-hydrogen) atoms. The number of pyridine rings is 1. The maximum Gasteiger partial charge on any atom is 0.369 e. The molecule has 0 aromatic carbocycles. The molecule has 4 rings (SSSR count). The Bertz CT molecular complexity index is 1060. The van der Waals surface area contributed by atoms with Crippen LogP contribution >= 0.6 is 11.3 Å². The lowest BCUT2D eigenvalue weighted by atomic mass is 10.2. The Morgan fingerprint density at radius 2 is 2.13 bits per heavy atom. The van der Waals surface area contributed by atoms with Gasteiger partial charge in [-0.15, -0.1) is 10.2 Å². The van der Waals surface area contributed by atoms with E-state index >= 15 is 0 Å². The van der Waals surface area contributed by atoms with Crippen LogP contribution in [-0.2, 0) is 11.3 Å². The van der Waals surface area contributed by atoms with Gasteiger partial charge in [-0.1, -0.05) is 17.4 Å². The van der Waals surface area contributed by atoms with Crippen molar-refractivity contribution in [2.24, 2.45) is 5.92 Å². The van der Waals surface area contributed by atoms with Gasteiger partial charge in [0.1, 0.15) is 16.6 Å². The highest BCUT2D eigenvalue weighted by Gasteiger charge is 2.40. The molecule has 1 saturated carbocycles. The molecule has 3 heterocycles. The lowest BCUT2D eigenvalue weighted by molar-refractivity contribution is 0.0525. The first-order valence-electron chi connectivity index (χ1n) is 10.2. The molecule has 0 bridgehead atoms. The molecule has 0 spiro atoms. The van der Waals surface area contributed by atoms with Crippen molar-refractivity contribution in [3.05, 3.63) is 51.5 Å². The molecule has 2 atom stereocenters. The fourth-order valence-corrected chi connectivity index (χ4v) is 3.83. The first kappa shape index (κ1) is 21.1. The van der Waals surface area contributed by atoms with E-state index in [0.29, 0.717) is 54.1 Å². The average Bonchev–Trinajstić information content (AvgIpc) is 3.37. The summed E-state index contributed by atoms with van der Waals surface area (Å²) >= 11 is 1.19. The summed E-state index contributed by atoms with van der Waals surface area (Å²) in [6.07, 6.45) is 2.98. The van der Waals surface area contributed by atoms with Crippen LogP contribution in [0.4, 0.5) is 5.82 Å². The van der Waals surface area contributed by atoms with Crippen molar-refractivity contribution in [3.63, 3.8) is 0 Å². The van der Waals surface area contributed by atoms with Crippen LogP contribution in [0.15, 0.2) is 24.4 Å². The largest absolute Gasteiger partial charge is 0.477 e. The first-order valence-corrected chi connectivity index (χ1v) is 11.0. The monoisotopic (exact) mass is 440 g/mol. The highest BCUT2D eigenvalue weighted by Crippen LogP contribution is 2.46. The van der Waals surface area contributed by atoms with E-state index in [1.165, 1.54) is 16.9 Å². The molecule has 10 heteroatoms. The molecule has 0 amide bonds. The quantitative estimate of drug-likeness (QED) is 0.501. The van der Waals surface area contributed by atoms with Gasteiger partial charge >= 0.3 is 5.97 Å². The van der Waals surface area contributed by atoms with E-state index < -0.39 is 5.97 Å². The van der Waals surface area contributed by atoms with Crippen molar-refractivity contribution in [1.29, 1.82) is 0 Å². The predicted octanol–water partition coefficient (Wildman–Crippen LogP) is 3.31. The minimum atomic E-state index is -0.459. The maximum absolute atomic E-state index is 11.7. The van der Waals surface area contributed by atoms with E-state index in [-0.39, 0.29) is 5.01 Å². The van der Waals surface area contributed by atoms with Crippen LogP contribution in [-0.4, -0.2) is 44.3 Å². The molecule has 9 nitrogen and oxygen atoms in total. The molecular formula is C21H24N6O3S. The predicted molar refractivity (Wildman–Crippen MR) is 115 cm³/mol. The number of carbonyl (C=O) groups is 1. The second-order valence-electron chi connectivity index (χ2n) is 7.39. The molecule has 1 aliphatic rings. The van der Waals surface area contributed by atoms with E-state index in [1.54, 1.807) is 13.0 Å². The van der Waals surface area contributed by atoms with Gasteiger partial charge in [0.25, 0.3) is 0 Å². The van der Waals surface area contributed by atoms with Gasteiger partial charge in [-0.05, 0) is 38.8 Å². The smallest absolute Gasteiger partial charge is 0.369 e. The molecule has 1 aliphatic carbocycles. The zero-order valence-electron chi connectivity index (χ0n) is 17.7. The molecular weight excluding hydrogens is 416 g/mol. The van der Waals surface area contributed by atoms with E-state index in [4.69, 9.17) is 9.47 Å². The normalized spacial score (nSPS) is 17.3. The van der Waals surface area contributed by atoms with Crippen LogP contribution < -0.4 is 10.1 Å². The third-order valence-electron chi connectivity index (χ3n) is 4.83. The standard InChI is InChI=1S/C21H24N6O3S/c1-4-29-21(28)20-27-26-19(31-20)10-23-17-8-18(25-13(3)24-17)30-11-14-7-15(14)16-6-5-12(2)9-22-16/h5-6,8-9,14-15H,4,7,10-11H2,1-3H3,(H,23,24,25)/t14-,15+/m1/s1. The Kier molecular flexibility index (Phi) is 6.36. The lowest BCUT2D eigenvalue weighted by Gasteiger charge is -2.09. The number of anilines is 1. The van der Waals surface area contributed by atoms with Crippen molar-refractivity contribution in [2.75, 3.05) is 18.5 Å². The number of esters is 1.